The molecule has 0 saturated heterocycles. The Bertz CT molecular complexity index is 4030. The molecule has 0 fully saturated rings. The minimum absolute atomic E-state index is 0.000685. The maximum Gasteiger partial charge on any atom is 0.256 e. The first-order valence-electron chi connectivity index (χ1n) is 30.3. The van der Waals surface area contributed by atoms with Crippen molar-refractivity contribution >= 4 is 106 Å². The second-order valence-corrected chi connectivity index (χ2v) is 31.1. The number of thiophene rings is 1. The molecule has 10 aromatic rings. The van der Waals surface area contributed by atoms with Crippen molar-refractivity contribution < 1.29 is 4.74 Å². The molecule has 9 aromatic carbocycles. The average molecular weight is 1120 g/mol. The van der Waals surface area contributed by atoms with Gasteiger partial charge in [0.05, 0.1) is 16.1 Å². The highest BCUT2D eigenvalue weighted by Gasteiger charge is 2.44. The van der Waals surface area contributed by atoms with E-state index in [1.165, 1.54) is 75.6 Å². The van der Waals surface area contributed by atoms with Gasteiger partial charge in [-0.3, -0.25) is 0 Å². The molecular weight excluding hydrogens is 1040 g/mol. The molecule has 0 spiro atoms. The predicted octanol–water partition coefficient (Wildman–Crippen LogP) is 21.2. The third-order valence-corrected chi connectivity index (χ3v) is 18.9. The van der Waals surface area contributed by atoms with E-state index in [0.29, 0.717) is 0 Å². The van der Waals surface area contributed by atoms with Crippen molar-refractivity contribution in [2.45, 2.75) is 157 Å². The molecule has 0 atom stereocenters. The van der Waals surface area contributed by atoms with Crippen molar-refractivity contribution in [2.24, 2.45) is 0 Å². The lowest BCUT2D eigenvalue weighted by atomic mass is 9.33. The molecule has 12 rings (SSSR count). The van der Waals surface area contributed by atoms with Crippen LogP contribution in [0.5, 0.6) is 11.5 Å². The summed E-state index contributed by atoms with van der Waals surface area (Å²) in [7, 11) is 0. The first-order chi connectivity index (χ1) is 39.4. The van der Waals surface area contributed by atoms with Crippen LogP contribution in [0.15, 0.2) is 182 Å². The number of hydrogen-bond donors (Lipinski definition) is 0. The van der Waals surface area contributed by atoms with Crippen LogP contribution in [0.25, 0.3) is 20.2 Å². The topological polar surface area (TPSA) is 19.0 Å². The summed E-state index contributed by atoms with van der Waals surface area (Å²) in [6.45, 7) is 41.4. The molecule has 1 aromatic heterocycles. The summed E-state index contributed by atoms with van der Waals surface area (Å²) in [6, 6.07) is 70.0. The van der Waals surface area contributed by atoms with Crippen LogP contribution in [-0.2, 0) is 32.5 Å². The van der Waals surface area contributed by atoms with Crippen molar-refractivity contribution in [2.75, 3.05) is 14.7 Å². The van der Waals surface area contributed by atoms with E-state index in [0.717, 1.165) is 57.0 Å². The fourth-order valence-electron chi connectivity index (χ4n) is 12.5. The Kier molecular flexibility index (Phi) is 13.6. The Labute approximate surface area is 506 Å². The fraction of sp³-hybridized carbons (Fsp3) is 0.308. The third-order valence-electron chi connectivity index (χ3n) is 17.7. The van der Waals surface area contributed by atoms with Crippen LogP contribution in [0, 0.1) is 0 Å². The van der Waals surface area contributed by atoms with Crippen LogP contribution in [0.3, 0.4) is 0 Å². The van der Waals surface area contributed by atoms with Crippen molar-refractivity contribution in [1.82, 2.24) is 0 Å². The molecule has 0 N–H and O–H groups in total. The van der Waals surface area contributed by atoms with Crippen LogP contribution >= 0.6 is 11.3 Å². The van der Waals surface area contributed by atoms with Gasteiger partial charge in [0.2, 0.25) is 0 Å². The lowest BCUT2D eigenvalue weighted by Crippen LogP contribution is -2.60. The smallest absolute Gasteiger partial charge is 0.256 e. The highest BCUT2D eigenvalue weighted by atomic mass is 32.1. The Morgan fingerprint density at radius 2 is 0.726 bits per heavy atom. The van der Waals surface area contributed by atoms with Crippen LogP contribution in [0.1, 0.15) is 158 Å². The molecule has 0 aliphatic carbocycles. The van der Waals surface area contributed by atoms with E-state index in [4.69, 9.17) is 4.74 Å². The molecule has 0 saturated carbocycles. The van der Waals surface area contributed by atoms with E-state index in [1.807, 2.05) is 11.3 Å². The lowest BCUT2D eigenvalue weighted by Gasteiger charge is -2.42. The summed E-state index contributed by atoms with van der Waals surface area (Å²) in [5.74, 6) is 1.77. The zero-order chi connectivity index (χ0) is 59.8. The van der Waals surface area contributed by atoms with Gasteiger partial charge < -0.3 is 19.4 Å². The molecule has 0 bridgehead atoms. The molecule has 2 aliphatic heterocycles. The summed E-state index contributed by atoms with van der Waals surface area (Å²) >= 11 is 1.89. The molecule has 2 aliphatic rings. The third kappa shape index (κ3) is 10.3. The largest absolute Gasteiger partial charge is 0.458 e. The summed E-state index contributed by atoms with van der Waals surface area (Å²) in [6.07, 6.45) is 0. The van der Waals surface area contributed by atoms with Crippen LogP contribution in [-0.4, -0.2) is 6.71 Å². The number of fused-ring (bicyclic) bond motifs is 7. The number of nitrogens with zero attached hydrogens (tertiary/aromatic N) is 3. The highest BCUT2D eigenvalue weighted by Crippen LogP contribution is 2.53. The van der Waals surface area contributed by atoms with Crippen molar-refractivity contribution in [3.05, 3.63) is 215 Å². The summed E-state index contributed by atoms with van der Waals surface area (Å²) in [5, 5.41) is 2.47. The molecule has 426 valence electrons. The highest BCUT2D eigenvalue weighted by molar-refractivity contribution is 7.26. The zero-order valence-corrected chi connectivity index (χ0v) is 53.9. The van der Waals surface area contributed by atoms with Gasteiger partial charge in [0.1, 0.15) is 11.5 Å². The monoisotopic (exact) mass is 1120 g/mol. The second kappa shape index (κ2) is 20.1. The number of rotatable bonds is 7. The van der Waals surface area contributed by atoms with E-state index >= 15 is 0 Å². The Morgan fingerprint density at radius 3 is 1.18 bits per heavy atom. The first-order valence-corrected chi connectivity index (χ1v) is 31.2. The van der Waals surface area contributed by atoms with E-state index in [-0.39, 0.29) is 39.2 Å². The lowest BCUT2D eigenvalue weighted by molar-refractivity contribution is 0.486. The van der Waals surface area contributed by atoms with E-state index in [9.17, 15) is 0 Å². The van der Waals surface area contributed by atoms with Gasteiger partial charge in [-0.25, -0.2) is 0 Å². The maximum atomic E-state index is 7.50. The van der Waals surface area contributed by atoms with Gasteiger partial charge >= 0.3 is 0 Å². The van der Waals surface area contributed by atoms with Gasteiger partial charge in [0.15, 0.2) is 0 Å². The molecule has 0 radical (unpaired) electrons. The summed E-state index contributed by atoms with van der Waals surface area (Å²) < 4.78 is 9.99. The van der Waals surface area contributed by atoms with Crippen molar-refractivity contribution in [3.63, 3.8) is 0 Å². The maximum absolute atomic E-state index is 7.50. The van der Waals surface area contributed by atoms with E-state index in [1.54, 1.807) is 0 Å². The van der Waals surface area contributed by atoms with Crippen LogP contribution < -0.4 is 35.8 Å². The molecule has 4 nitrogen and oxygen atoms in total. The Hall–Kier alpha value is -7.54. The first kappa shape index (κ1) is 56.9. The molecule has 3 heterocycles. The van der Waals surface area contributed by atoms with Gasteiger partial charge in [-0.15, -0.1) is 11.3 Å². The van der Waals surface area contributed by atoms with E-state index in [2.05, 4.69) is 321 Å². The number of anilines is 9. The van der Waals surface area contributed by atoms with Crippen molar-refractivity contribution in [1.29, 1.82) is 0 Å². The molecule has 84 heavy (non-hydrogen) atoms. The van der Waals surface area contributed by atoms with Gasteiger partial charge in [-0.1, -0.05) is 216 Å². The van der Waals surface area contributed by atoms with Crippen LogP contribution in [0.2, 0.25) is 0 Å². The molecular formula is C78H84BN3OS. The minimum Gasteiger partial charge on any atom is -0.458 e. The number of benzene rings is 9. The van der Waals surface area contributed by atoms with Crippen LogP contribution in [0.4, 0.5) is 51.2 Å². The SMILES string of the molecule is CC(C)(C)c1ccc(N(c2ccc(C(C)(C)C)cc2)c2cc3c4c(c2)N(c2cc(N(c5ccc(C(C)(C)C)cc5)c5ccc(C(C)(C)C)cc5)cc5c2sc2ccccc25)c2ccc(C(C)(C)C)cc2B4c2cc(C(C)(C)C)ccc2O3)cc1. The normalized spacial score (nSPS) is 13.6. The van der Waals surface area contributed by atoms with Gasteiger partial charge in [0.25, 0.3) is 6.71 Å². The van der Waals surface area contributed by atoms with Gasteiger partial charge in [-0.05, 0) is 167 Å². The minimum atomic E-state index is -0.116. The molecule has 0 amide bonds. The summed E-state index contributed by atoms with van der Waals surface area (Å²) in [5.41, 5.74) is 21.1. The van der Waals surface area contributed by atoms with Gasteiger partial charge in [-0.2, -0.15) is 0 Å². The summed E-state index contributed by atoms with van der Waals surface area (Å²) in [4.78, 5) is 7.55. The average Bonchev–Trinajstić information content (AvgIpc) is 0.976. The standard InChI is InChI=1S/C78H84BN3OS/c1-73(2,3)49-23-33-55(34-24-49)80(56-35-25-50(26-36-56)74(4,5)6)59-45-62-61-21-19-20-22-70(61)84-72(62)67(47-59)82-65-41-31-53(77(13,14)15)43-63(65)79-64-44-54(78(16,17)18)32-42-68(64)83-69-48-60(46-66(82)71(69)79)81(57-37-27-51(28-38-57)75(7,8)9)58-39-29-52(30-40-58)76(10,11)12/h19-48H,1-18H3. The quantitative estimate of drug-likeness (QED) is 0.148. The van der Waals surface area contributed by atoms with Gasteiger partial charge in [0, 0.05) is 61.4 Å². The predicted molar refractivity (Wildman–Crippen MR) is 367 cm³/mol. The molecule has 0 unspecified atom stereocenters. The number of hydrogen-bond acceptors (Lipinski definition) is 5. The zero-order valence-electron chi connectivity index (χ0n) is 53.1. The Balaban J connectivity index is 1.19. The van der Waals surface area contributed by atoms with E-state index < -0.39 is 0 Å². The molecule has 6 heteroatoms. The van der Waals surface area contributed by atoms with Crippen molar-refractivity contribution in [3.8, 4) is 11.5 Å². The number of ether oxygens (including phenoxy) is 1. The fourth-order valence-corrected chi connectivity index (χ4v) is 13.7. The Morgan fingerprint density at radius 1 is 0.333 bits per heavy atom. The second-order valence-electron chi connectivity index (χ2n) is 30.1.